The Bertz CT molecular complexity index is 520. The van der Waals surface area contributed by atoms with Crippen molar-refractivity contribution in [3.63, 3.8) is 0 Å². The third-order valence-corrected chi connectivity index (χ3v) is 4.00. The summed E-state index contributed by atoms with van der Waals surface area (Å²) in [6.45, 7) is 1.24. The van der Waals surface area contributed by atoms with Crippen molar-refractivity contribution in [2.45, 2.75) is 19.3 Å². The first-order valence-corrected chi connectivity index (χ1v) is 7.74. The van der Waals surface area contributed by atoms with E-state index in [9.17, 15) is 9.59 Å². The maximum atomic E-state index is 12.1. The van der Waals surface area contributed by atoms with Crippen molar-refractivity contribution in [3.05, 3.63) is 28.7 Å². The molecule has 5 nitrogen and oxygen atoms in total. The molecule has 1 saturated heterocycles. The Kier molecular flexibility index (Phi) is 5.61. The fraction of sp³-hybridized carbons (Fsp3) is 0.467. The van der Waals surface area contributed by atoms with Crippen molar-refractivity contribution in [2.24, 2.45) is 5.92 Å². The lowest BCUT2D eigenvalue weighted by Gasteiger charge is -2.30. The van der Waals surface area contributed by atoms with E-state index in [2.05, 4.69) is 15.9 Å². The van der Waals surface area contributed by atoms with Gasteiger partial charge in [0.15, 0.2) is 0 Å². The minimum absolute atomic E-state index is 0.0454. The molecule has 0 saturated carbocycles. The number of halogens is 1. The predicted molar refractivity (Wildman–Crippen MR) is 81.2 cm³/mol. The molecule has 1 aliphatic heterocycles. The van der Waals surface area contributed by atoms with E-state index < -0.39 is 11.9 Å². The van der Waals surface area contributed by atoms with E-state index in [4.69, 9.17) is 9.84 Å². The van der Waals surface area contributed by atoms with E-state index in [-0.39, 0.29) is 12.3 Å². The van der Waals surface area contributed by atoms with E-state index in [0.29, 0.717) is 31.9 Å². The zero-order valence-electron chi connectivity index (χ0n) is 11.6. The Hall–Kier alpha value is -1.56. The van der Waals surface area contributed by atoms with Crippen LogP contribution in [0, 0.1) is 5.92 Å². The Labute approximate surface area is 132 Å². The van der Waals surface area contributed by atoms with Gasteiger partial charge < -0.3 is 14.7 Å². The Morgan fingerprint density at radius 3 is 2.95 bits per heavy atom. The van der Waals surface area contributed by atoms with Gasteiger partial charge in [-0.3, -0.25) is 9.59 Å². The molecule has 1 aliphatic rings. The molecule has 0 unspecified atom stereocenters. The molecule has 21 heavy (non-hydrogen) atoms. The molecule has 1 atom stereocenters. The van der Waals surface area contributed by atoms with Crippen LogP contribution >= 0.6 is 15.9 Å². The quantitative estimate of drug-likeness (QED) is 0.881. The molecule has 6 heteroatoms. The molecule has 0 spiro atoms. The zero-order valence-corrected chi connectivity index (χ0v) is 13.2. The van der Waals surface area contributed by atoms with E-state index >= 15 is 0 Å². The van der Waals surface area contributed by atoms with Crippen LogP contribution in [-0.2, 0) is 9.59 Å². The van der Waals surface area contributed by atoms with Crippen LogP contribution in [0.15, 0.2) is 28.7 Å². The fourth-order valence-electron chi connectivity index (χ4n) is 2.38. The van der Waals surface area contributed by atoms with Crippen LogP contribution in [0.2, 0.25) is 0 Å². The second kappa shape index (κ2) is 7.45. The van der Waals surface area contributed by atoms with Gasteiger partial charge in [-0.25, -0.2) is 0 Å². The normalized spacial score (nSPS) is 18.3. The Morgan fingerprint density at radius 2 is 2.24 bits per heavy atom. The summed E-state index contributed by atoms with van der Waals surface area (Å²) in [4.78, 5) is 24.7. The lowest BCUT2D eigenvalue weighted by molar-refractivity contribution is -0.145. The number of carbonyl (C=O) groups excluding carboxylic acids is 1. The van der Waals surface area contributed by atoms with Gasteiger partial charge in [0, 0.05) is 17.6 Å². The van der Waals surface area contributed by atoms with Gasteiger partial charge in [0.25, 0.3) is 0 Å². The highest BCUT2D eigenvalue weighted by Gasteiger charge is 2.27. The van der Waals surface area contributed by atoms with Crippen LogP contribution in [0.25, 0.3) is 0 Å². The monoisotopic (exact) mass is 355 g/mol. The summed E-state index contributed by atoms with van der Waals surface area (Å²) < 4.78 is 6.45. The van der Waals surface area contributed by atoms with E-state index in [1.807, 2.05) is 24.3 Å². The minimum Gasteiger partial charge on any atom is -0.493 e. The number of carboxylic acids is 1. The minimum atomic E-state index is -0.821. The van der Waals surface area contributed by atoms with Crippen molar-refractivity contribution < 1.29 is 19.4 Å². The van der Waals surface area contributed by atoms with Crippen molar-refractivity contribution in [3.8, 4) is 5.75 Å². The Morgan fingerprint density at radius 1 is 1.43 bits per heavy atom. The van der Waals surface area contributed by atoms with Gasteiger partial charge in [-0.2, -0.15) is 0 Å². The number of carboxylic acid groups (broad SMARTS) is 1. The van der Waals surface area contributed by atoms with Crippen LogP contribution in [0.1, 0.15) is 19.3 Å². The van der Waals surface area contributed by atoms with E-state index in [0.717, 1.165) is 10.9 Å². The molecule has 0 bridgehead atoms. The smallest absolute Gasteiger partial charge is 0.308 e. The van der Waals surface area contributed by atoms with Crippen LogP contribution in [0.4, 0.5) is 0 Å². The first-order chi connectivity index (χ1) is 10.1. The van der Waals surface area contributed by atoms with Gasteiger partial charge in [0.2, 0.25) is 5.91 Å². The molecule has 1 fully saturated rings. The predicted octanol–water partition coefficient (Wildman–Crippen LogP) is 2.54. The van der Waals surface area contributed by atoms with Gasteiger partial charge in [-0.1, -0.05) is 22.0 Å². The van der Waals surface area contributed by atoms with Gasteiger partial charge in [0.1, 0.15) is 5.75 Å². The first-order valence-electron chi connectivity index (χ1n) is 6.95. The average Bonchev–Trinajstić information content (AvgIpc) is 2.47. The van der Waals surface area contributed by atoms with Crippen LogP contribution in [0.3, 0.4) is 0 Å². The number of benzene rings is 1. The highest BCUT2D eigenvalue weighted by molar-refractivity contribution is 9.10. The summed E-state index contributed by atoms with van der Waals surface area (Å²) >= 11 is 3.35. The molecule has 0 aromatic heterocycles. The Balaban J connectivity index is 1.78. The largest absolute Gasteiger partial charge is 0.493 e. The summed E-state index contributed by atoms with van der Waals surface area (Å²) in [5.41, 5.74) is 0. The van der Waals surface area contributed by atoms with Gasteiger partial charge in [-0.05, 0) is 31.0 Å². The molecule has 1 aromatic carbocycles. The van der Waals surface area contributed by atoms with Crippen LogP contribution < -0.4 is 4.74 Å². The molecule has 2 rings (SSSR count). The molecule has 114 valence electrons. The van der Waals surface area contributed by atoms with Gasteiger partial charge >= 0.3 is 5.97 Å². The summed E-state index contributed by atoms with van der Waals surface area (Å²) in [5, 5.41) is 9.02. The lowest BCUT2D eigenvalue weighted by Crippen LogP contribution is -2.42. The van der Waals surface area contributed by atoms with Gasteiger partial charge in [-0.15, -0.1) is 0 Å². The molecule has 1 amide bonds. The molecular weight excluding hydrogens is 338 g/mol. The highest BCUT2D eigenvalue weighted by atomic mass is 79.9. The summed E-state index contributed by atoms with van der Waals surface area (Å²) in [6, 6.07) is 7.43. The maximum Gasteiger partial charge on any atom is 0.308 e. The number of amides is 1. The molecule has 0 radical (unpaired) electrons. The third kappa shape index (κ3) is 4.74. The molecule has 1 heterocycles. The first kappa shape index (κ1) is 15.8. The SMILES string of the molecule is O=C(O)[C@@H]1CCCN(C(=O)CCOc2cccc(Br)c2)C1. The molecule has 1 N–H and O–H groups in total. The van der Waals surface area contributed by atoms with Gasteiger partial charge in [0.05, 0.1) is 18.9 Å². The second-order valence-electron chi connectivity index (χ2n) is 5.07. The average molecular weight is 356 g/mol. The second-order valence-corrected chi connectivity index (χ2v) is 5.99. The number of aliphatic carboxylic acids is 1. The number of likely N-dealkylation sites (tertiary alicyclic amines) is 1. The number of hydrogen-bond donors (Lipinski definition) is 1. The number of nitrogens with zero attached hydrogens (tertiary/aromatic N) is 1. The molecular formula is C15H18BrNO4. The zero-order chi connectivity index (χ0) is 15.2. The number of carbonyl (C=O) groups is 2. The topological polar surface area (TPSA) is 66.8 Å². The number of piperidine rings is 1. The highest BCUT2D eigenvalue weighted by Crippen LogP contribution is 2.19. The van der Waals surface area contributed by atoms with Crippen LogP contribution in [0.5, 0.6) is 5.75 Å². The molecule has 1 aromatic rings. The fourth-order valence-corrected chi connectivity index (χ4v) is 2.75. The maximum absolute atomic E-state index is 12.1. The molecule has 0 aliphatic carbocycles. The standard InChI is InChI=1S/C15H18BrNO4/c16-12-4-1-5-13(9-12)21-8-6-14(18)17-7-2-3-11(10-17)15(19)20/h1,4-5,9,11H,2-3,6-8,10H2,(H,19,20)/t11-/m1/s1. The number of rotatable bonds is 5. The van der Waals surface area contributed by atoms with Crippen molar-refractivity contribution in [1.82, 2.24) is 4.90 Å². The van der Waals surface area contributed by atoms with Crippen LogP contribution in [-0.4, -0.2) is 41.6 Å². The van der Waals surface area contributed by atoms with Crippen molar-refractivity contribution in [1.29, 1.82) is 0 Å². The van der Waals surface area contributed by atoms with E-state index in [1.54, 1.807) is 4.90 Å². The lowest BCUT2D eigenvalue weighted by atomic mass is 9.98. The number of ether oxygens (including phenoxy) is 1. The van der Waals surface area contributed by atoms with Crippen molar-refractivity contribution in [2.75, 3.05) is 19.7 Å². The van der Waals surface area contributed by atoms with E-state index in [1.165, 1.54) is 0 Å². The number of hydrogen-bond acceptors (Lipinski definition) is 3. The summed E-state index contributed by atoms with van der Waals surface area (Å²) in [5.74, 6) is -0.596. The summed E-state index contributed by atoms with van der Waals surface area (Å²) in [7, 11) is 0. The van der Waals surface area contributed by atoms with Crippen molar-refractivity contribution >= 4 is 27.8 Å². The summed E-state index contributed by atoms with van der Waals surface area (Å²) in [6.07, 6.45) is 1.65. The third-order valence-electron chi connectivity index (χ3n) is 3.50.